The number of hydrogen-bond donors (Lipinski definition) is 2. The minimum absolute atomic E-state index is 0.00153. The van der Waals surface area contributed by atoms with Gasteiger partial charge in [0, 0.05) is 17.7 Å². The summed E-state index contributed by atoms with van der Waals surface area (Å²) in [4.78, 5) is 35.4. The maximum atomic E-state index is 12.9. The van der Waals surface area contributed by atoms with Crippen LogP contribution in [0.3, 0.4) is 0 Å². The van der Waals surface area contributed by atoms with Crippen molar-refractivity contribution in [1.29, 1.82) is 0 Å². The summed E-state index contributed by atoms with van der Waals surface area (Å²) in [5.74, 6) is -1.24. The molecule has 6 nitrogen and oxygen atoms in total. The van der Waals surface area contributed by atoms with Gasteiger partial charge >= 0.3 is 5.97 Å². The summed E-state index contributed by atoms with van der Waals surface area (Å²) in [6.07, 6.45) is 3.52. The average Bonchev–Trinajstić information content (AvgIpc) is 3.10. The first-order valence-corrected chi connectivity index (χ1v) is 8.79. The molecular weight excluding hydrogens is 363 g/mol. The molecule has 2 aromatic carbocycles. The molecule has 1 aliphatic heterocycles. The van der Waals surface area contributed by atoms with Gasteiger partial charge in [-0.1, -0.05) is 18.2 Å². The number of ether oxygens (including phenoxy) is 1. The molecular formula is C21H19FN2O4. The molecule has 3 rings (SSSR count). The highest BCUT2D eigenvalue weighted by molar-refractivity contribution is 6.07. The summed E-state index contributed by atoms with van der Waals surface area (Å²) in [5.41, 5.74) is 1.88. The van der Waals surface area contributed by atoms with Gasteiger partial charge in [-0.05, 0) is 48.0 Å². The first kappa shape index (κ1) is 19.3. The lowest BCUT2D eigenvalue weighted by Gasteiger charge is -2.10. The van der Waals surface area contributed by atoms with Gasteiger partial charge in [-0.15, -0.1) is 0 Å². The highest BCUT2D eigenvalue weighted by Gasteiger charge is 2.27. The van der Waals surface area contributed by atoms with E-state index >= 15 is 0 Å². The molecule has 0 saturated carbocycles. The fourth-order valence-electron chi connectivity index (χ4n) is 2.65. The molecule has 1 heterocycles. The van der Waals surface area contributed by atoms with Crippen LogP contribution in [0.4, 0.5) is 10.1 Å². The monoisotopic (exact) mass is 382 g/mol. The Balaban J connectivity index is 1.50. The van der Waals surface area contributed by atoms with Gasteiger partial charge in [0.1, 0.15) is 11.9 Å². The minimum atomic E-state index is -0.581. The van der Waals surface area contributed by atoms with Crippen LogP contribution >= 0.6 is 0 Å². The summed E-state index contributed by atoms with van der Waals surface area (Å²) in [6.45, 7) is 0.323. The number of nitrogens with one attached hydrogen (secondary N) is 2. The second-order valence-electron chi connectivity index (χ2n) is 6.26. The molecule has 0 aromatic heterocycles. The van der Waals surface area contributed by atoms with E-state index in [1.807, 2.05) is 0 Å². The number of halogens is 1. The van der Waals surface area contributed by atoms with Crippen molar-refractivity contribution in [3.05, 3.63) is 71.6 Å². The molecule has 2 aromatic rings. The number of anilines is 1. The number of carbonyl (C=O) groups is 3. The Morgan fingerprint density at radius 1 is 1.11 bits per heavy atom. The Morgan fingerprint density at radius 3 is 2.46 bits per heavy atom. The lowest BCUT2D eigenvalue weighted by atomic mass is 10.1. The summed E-state index contributed by atoms with van der Waals surface area (Å²) in [6, 6.07) is 11.9. The van der Waals surface area contributed by atoms with Gasteiger partial charge in [-0.3, -0.25) is 9.59 Å². The van der Waals surface area contributed by atoms with E-state index in [1.165, 1.54) is 18.2 Å². The fraction of sp³-hybridized carbons (Fsp3) is 0.190. The van der Waals surface area contributed by atoms with Crippen LogP contribution in [0.2, 0.25) is 0 Å². The SMILES string of the molecule is O=C(CNc1ccc(C(=O)/C=C/c2ccc(F)cc2)cc1)N[C@H]1CCOC1=O. The number of hydrogen-bond acceptors (Lipinski definition) is 5. The Morgan fingerprint density at radius 2 is 1.82 bits per heavy atom. The smallest absolute Gasteiger partial charge is 0.328 e. The number of cyclic esters (lactones) is 1. The number of benzene rings is 2. The number of allylic oxidation sites excluding steroid dienone is 1. The number of esters is 1. The predicted molar refractivity (Wildman–Crippen MR) is 102 cm³/mol. The molecule has 0 radical (unpaired) electrons. The standard InChI is InChI=1S/C21H19FN2O4/c22-16-6-1-14(2-7-16)3-10-19(25)15-4-8-17(9-5-15)23-13-20(26)24-18-11-12-28-21(18)27/h1-10,18,23H,11-13H2,(H,24,26)/b10-3+/t18-/m0/s1. The number of ketones is 1. The Bertz CT molecular complexity index is 892. The van der Waals surface area contributed by atoms with Crippen molar-refractivity contribution in [2.75, 3.05) is 18.5 Å². The van der Waals surface area contributed by atoms with Gasteiger partial charge in [0.2, 0.25) is 5.91 Å². The largest absolute Gasteiger partial charge is 0.464 e. The summed E-state index contributed by atoms with van der Waals surface area (Å²) in [5, 5.41) is 5.54. The third-order valence-electron chi connectivity index (χ3n) is 4.19. The number of amides is 1. The van der Waals surface area contributed by atoms with Crippen LogP contribution in [0.5, 0.6) is 0 Å². The van der Waals surface area contributed by atoms with Crippen LogP contribution in [0, 0.1) is 5.82 Å². The number of rotatable bonds is 7. The molecule has 144 valence electrons. The van der Waals surface area contributed by atoms with Crippen LogP contribution in [0.25, 0.3) is 6.08 Å². The molecule has 1 fully saturated rings. The van der Waals surface area contributed by atoms with Crippen LogP contribution in [-0.2, 0) is 14.3 Å². The van der Waals surface area contributed by atoms with Crippen molar-refractivity contribution in [2.24, 2.45) is 0 Å². The normalized spacial score (nSPS) is 16.0. The molecule has 1 atom stereocenters. The Hall–Kier alpha value is -3.48. The molecule has 1 aliphatic rings. The van der Waals surface area contributed by atoms with Crippen molar-refractivity contribution in [1.82, 2.24) is 5.32 Å². The van der Waals surface area contributed by atoms with Gasteiger partial charge in [-0.2, -0.15) is 0 Å². The van der Waals surface area contributed by atoms with Gasteiger partial charge in [0.05, 0.1) is 13.2 Å². The van der Waals surface area contributed by atoms with Gasteiger partial charge in [0.15, 0.2) is 5.78 Å². The maximum Gasteiger partial charge on any atom is 0.328 e. The molecule has 1 amide bonds. The van der Waals surface area contributed by atoms with Crippen molar-refractivity contribution < 1.29 is 23.5 Å². The van der Waals surface area contributed by atoms with E-state index in [-0.39, 0.29) is 24.1 Å². The predicted octanol–water partition coefficient (Wildman–Crippen LogP) is 2.57. The molecule has 0 unspecified atom stereocenters. The summed E-state index contributed by atoms with van der Waals surface area (Å²) >= 11 is 0. The van der Waals surface area contributed by atoms with Crippen LogP contribution in [-0.4, -0.2) is 36.9 Å². The highest BCUT2D eigenvalue weighted by Crippen LogP contribution is 2.12. The molecule has 7 heteroatoms. The maximum absolute atomic E-state index is 12.9. The van der Waals surface area contributed by atoms with Crippen molar-refractivity contribution >= 4 is 29.4 Å². The first-order valence-electron chi connectivity index (χ1n) is 8.79. The van der Waals surface area contributed by atoms with Crippen molar-refractivity contribution in [3.8, 4) is 0 Å². The fourth-order valence-corrected chi connectivity index (χ4v) is 2.65. The lowest BCUT2D eigenvalue weighted by Crippen LogP contribution is -2.40. The van der Waals surface area contributed by atoms with Crippen molar-refractivity contribution in [3.63, 3.8) is 0 Å². The number of carbonyl (C=O) groups excluding carboxylic acids is 3. The Kier molecular flexibility index (Phi) is 6.16. The van der Waals surface area contributed by atoms with E-state index in [9.17, 15) is 18.8 Å². The zero-order valence-electron chi connectivity index (χ0n) is 15.0. The highest BCUT2D eigenvalue weighted by atomic mass is 19.1. The summed E-state index contributed by atoms with van der Waals surface area (Å²) in [7, 11) is 0. The molecule has 28 heavy (non-hydrogen) atoms. The molecule has 1 saturated heterocycles. The zero-order chi connectivity index (χ0) is 19.9. The van der Waals surface area contributed by atoms with E-state index in [2.05, 4.69) is 10.6 Å². The molecule has 2 N–H and O–H groups in total. The Labute approximate surface area is 161 Å². The zero-order valence-corrected chi connectivity index (χ0v) is 15.0. The molecule has 0 aliphatic carbocycles. The minimum Gasteiger partial charge on any atom is -0.464 e. The van der Waals surface area contributed by atoms with Crippen LogP contribution in [0.1, 0.15) is 22.3 Å². The third kappa shape index (κ3) is 5.26. The average molecular weight is 382 g/mol. The second kappa shape index (κ2) is 8.94. The molecule has 0 bridgehead atoms. The molecule has 0 spiro atoms. The third-order valence-corrected chi connectivity index (χ3v) is 4.19. The van der Waals surface area contributed by atoms with Crippen LogP contribution in [0.15, 0.2) is 54.6 Å². The quantitative estimate of drug-likeness (QED) is 0.437. The van der Waals surface area contributed by atoms with Crippen molar-refractivity contribution in [2.45, 2.75) is 12.5 Å². The van der Waals surface area contributed by atoms with Gasteiger partial charge in [0.25, 0.3) is 0 Å². The topological polar surface area (TPSA) is 84.5 Å². The van der Waals surface area contributed by atoms with E-state index in [1.54, 1.807) is 42.5 Å². The lowest BCUT2D eigenvalue weighted by molar-refractivity contribution is -0.141. The van der Waals surface area contributed by atoms with E-state index in [0.717, 1.165) is 5.56 Å². The van der Waals surface area contributed by atoms with E-state index < -0.39 is 12.0 Å². The van der Waals surface area contributed by atoms with Gasteiger partial charge in [-0.25, -0.2) is 9.18 Å². The second-order valence-corrected chi connectivity index (χ2v) is 6.26. The van der Waals surface area contributed by atoms with E-state index in [4.69, 9.17) is 4.74 Å². The summed E-state index contributed by atoms with van der Waals surface area (Å²) < 4.78 is 17.7. The van der Waals surface area contributed by atoms with E-state index in [0.29, 0.717) is 24.3 Å². The van der Waals surface area contributed by atoms with Gasteiger partial charge < -0.3 is 15.4 Å². The first-order chi connectivity index (χ1) is 13.5. The van der Waals surface area contributed by atoms with Crippen LogP contribution < -0.4 is 10.6 Å².